The smallest absolute Gasteiger partial charge is 0.0112 e. The van der Waals surface area contributed by atoms with Gasteiger partial charge in [-0.15, -0.1) is 24.8 Å². The summed E-state index contributed by atoms with van der Waals surface area (Å²) in [5.74, 6) is 0.886. The summed E-state index contributed by atoms with van der Waals surface area (Å²) in [7, 11) is 0. The summed E-state index contributed by atoms with van der Waals surface area (Å²) in [6.07, 6.45) is 2.82. The van der Waals surface area contributed by atoms with E-state index >= 15 is 0 Å². The second-order valence-corrected chi connectivity index (χ2v) is 5.49. The van der Waals surface area contributed by atoms with Crippen LogP contribution in [-0.2, 0) is 0 Å². The molecule has 2 aliphatic heterocycles. The maximum Gasteiger partial charge on any atom is 0.0112 e. The summed E-state index contributed by atoms with van der Waals surface area (Å²) in [6.45, 7) is 13.5. The van der Waals surface area contributed by atoms with Crippen LogP contribution in [0, 0.1) is 5.92 Å². The fourth-order valence-electron chi connectivity index (χ4n) is 2.94. The predicted molar refractivity (Wildman–Crippen MR) is 83.2 cm³/mol. The maximum atomic E-state index is 3.41. The van der Waals surface area contributed by atoms with Crippen LogP contribution in [-0.4, -0.2) is 61.7 Å². The zero-order valence-electron chi connectivity index (χ0n) is 11.7. The van der Waals surface area contributed by atoms with E-state index in [1.54, 1.807) is 0 Å². The summed E-state index contributed by atoms with van der Waals surface area (Å²) in [6, 6.07) is 0.789. The molecule has 2 aliphatic rings. The van der Waals surface area contributed by atoms with E-state index in [1.165, 1.54) is 58.7 Å². The summed E-state index contributed by atoms with van der Waals surface area (Å²) < 4.78 is 0. The minimum Gasteiger partial charge on any atom is -0.314 e. The van der Waals surface area contributed by atoms with Gasteiger partial charge in [-0.1, -0.05) is 6.92 Å². The van der Waals surface area contributed by atoms with Crippen LogP contribution in [0.2, 0.25) is 0 Å². The predicted octanol–water partition coefficient (Wildman–Crippen LogP) is 1.86. The first-order valence-corrected chi connectivity index (χ1v) is 6.94. The van der Waals surface area contributed by atoms with Crippen molar-refractivity contribution >= 4 is 24.8 Å². The van der Waals surface area contributed by atoms with Crippen molar-refractivity contribution in [2.24, 2.45) is 5.92 Å². The van der Waals surface area contributed by atoms with Crippen LogP contribution in [0.1, 0.15) is 26.7 Å². The monoisotopic (exact) mass is 297 g/mol. The molecule has 0 bridgehead atoms. The Morgan fingerprint density at radius 3 is 2.33 bits per heavy atom. The number of piperazine rings is 1. The third-order valence-corrected chi connectivity index (χ3v) is 4.42. The first-order valence-electron chi connectivity index (χ1n) is 6.94. The molecular weight excluding hydrogens is 269 g/mol. The van der Waals surface area contributed by atoms with Gasteiger partial charge in [0.25, 0.3) is 0 Å². The van der Waals surface area contributed by atoms with E-state index in [4.69, 9.17) is 0 Å². The minimum atomic E-state index is 0. The number of rotatable bonds is 3. The van der Waals surface area contributed by atoms with Crippen molar-refractivity contribution in [3.63, 3.8) is 0 Å². The van der Waals surface area contributed by atoms with Crippen molar-refractivity contribution in [1.29, 1.82) is 0 Å². The van der Waals surface area contributed by atoms with E-state index in [9.17, 15) is 0 Å². The average molecular weight is 298 g/mol. The minimum absolute atomic E-state index is 0. The molecule has 3 nitrogen and oxygen atoms in total. The lowest BCUT2D eigenvalue weighted by molar-refractivity contribution is 0.0953. The maximum absolute atomic E-state index is 3.41. The molecule has 0 amide bonds. The molecule has 2 unspecified atom stereocenters. The molecule has 2 heterocycles. The Labute approximate surface area is 124 Å². The molecule has 2 rings (SSSR count). The Bertz CT molecular complexity index is 210. The van der Waals surface area contributed by atoms with Crippen molar-refractivity contribution < 1.29 is 0 Å². The molecule has 0 spiro atoms. The van der Waals surface area contributed by atoms with Crippen LogP contribution >= 0.6 is 24.8 Å². The zero-order chi connectivity index (χ0) is 11.4. The fourth-order valence-corrected chi connectivity index (χ4v) is 2.94. The number of likely N-dealkylation sites (tertiary alicyclic amines) is 1. The van der Waals surface area contributed by atoms with Crippen molar-refractivity contribution in [2.45, 2.75) is 32.7 Å². The summed E-state index contributed by atoms with van der Waals surface area (Å²) in [5, 5.41) is 3.41. The number of hydrogen-bond acceptors (Lipinski definition) is 3. The van der Waals surface area contributed by atoms with Crippen molar-refractivity contribution in [2.75, 3.05) is 45.8 Å². The number of piperidine rings is 1. The van der Waals surface area contributed by atoms with Gasteiger partial charge in [0.2, 0.25) is 0 Å². The van der Waals surface area contributed by atoms with Gasteiger partial charge in [0.1, 0.15) is 0 Å². The van der Waals surface area contributed by atoms with E-state index in [0.717, 1.165) is 12.0 Å². The van der Waals surface area contributed by atoms with E-state index in [1.807, 2.05) is 0 Å². The van der Waals surface area contributed by atoms with Gasteiger partial charge in [-0.2, -0.15) is 0 Å². The van der Waals surface area contributed by atoms with Gasteiger partial charge in [-0.05, 0) is 32.2 Å². The number of hydrogen-bond donors (Lipinski definition) is 1. The van der Waals surface area contributed by atoms with Crippen LogP contribution in [0.15, 0.2) is 0 Å². The largest absolute Gasteiger partial charge is 0.314 e. The zero-order valence-corrected chi connectivity index (χ0v) is 13.4. The topological polar surface area (TPSA) is 18.5 Å². The van der Waals surface area contributed by atoms with Crippen molar-refractivity contribution in [1.82, 2.24) is 15.1 Å². The molecule has 5 heteroatoms. The first-order chi connectivity index (χ1) is 7.77. The van der Waals surface area contributed by atoms with Gasteiger partial charge < -0.3 is 5.32 Å². The normalized spacial score (nSPS) is 30.3. The van der Waals surface area contributed by atoms with E-state index < -0.39 is 0 Å². The first kappa shape index (κ1) is 18.5. The van der Waals surface area contributed by atoms with Crippen LogP contribution in [0.25, 0.3) is 0 Å². The van der Waals surface area contributed by atoms with Gasteiger partial charge in [0.05, 0.1) is 0 Å². The van der Waals surface area contributed by atoms with Crippen molar-refractivity contribution in [3.05, 3.63) is 0 Å². The van der Waals surface area contributed by atoms with E-state index in [0.29, 0.717) is 0 Å². The second-order valence-electron chi connectivity index (χ2n) is 5.49. The molecule has 0 aromatic heterocycles. The van der Waals surface area contributed by atoms with Gasteiger partial charge in [0.15, 0.2) is 0 Å². The Morgan fingerprint density at radius 1 is 1.00 bits per heavy atom. The highest BCUT2D eigenvalue weighted by atomic mass is 35.5. The van der Waals surface area contributed by atoms with E-state index in [2.05, 4.69) is 29.0 Å². The van der Waals surface area contributed by atoms with Crippen LogP contribution in [0.5, 0.6) is 0 Å². The quantitative estimate of drug-likeness (QED) is 0.858. The highest BCUT2D eigenvalue weighted by molar-refractivity contribution is 5.85. The van der Waals surface area contributed by atoms with Gasteiger partial charge in [0, 0.05) is 45.3 Å². The SMILES string of the molecule is CC1CCCN(CCN2CCNCC2)C1C.Cl.Cl. The highest BCUT2D eigenvalue weighted by Crippen LogP contribution is 2.22. The number of nitrogens with one attached hydrogen (secondary N) is 1. The van der Waals surface area contributed by atoms with Crippen LogP contribution < -0.4 is 5.32 Å². The molecule has 0 aliphatic carbocycles. The molecule has 0 aromatic rings. The molecule has 1 N–H and O–H groups in total. The third kappa shape index (κ3) is 5.22. The lowest BCUT2D eigenvalue weighted by atomic mass is 9.92. The molecule has 0 radical (unpaired) electrons. The van der Waals surface area contributed by atoms with E-state index in [-0.39, 0.29) is 24.8 Å². The second kappa shape index (κ2) is 9.38. The molecule has 2 atom stereocenters. The fraction of sp³-hybridized carbons (Fsp3) is 1.00. The Kier molecular flexibility index (Phi) is 9.62. The molecule has 0 aromatic carbocycles. The summed E-state index contributed by atoms with van der Waals surface area (Å²) in [5.41, 5.74) is 0. The summed E-state index contributed by atoms with van der Waals surface area (Å²) in [4.78, 5) is 5.29. The van der Waals surface area contributed by atoms with Gasteiger partial charge >= 0.3 is 0 Å². The molecule has 0 saturated carbocycles. The van der Waals surface area contributed by atoms with Crippen LogP contribution in [0.3, 0.4) is 0 Å². The summed E-state index contributed by atoms with van der Waals surface area (Å²) >= 11 is 0. The lowest BCUT2D eigenvalue weighted by Gasteiger charge is -2.39. The Morgan fingerprint density at radius 2 is 1.67 bits per heavy atom. The molecule has 2 fully saturated rings. The van der Waals surface area contributed by atoms with Crippen LogP contribution in [0.4, 0.5) is 0 Å². The number of halogens is 2. The third-order valence-electron chi connectivity index (χ3n) is 4.42. The molecule has 110 valence electrons. The van der Waals surface area contributed by atoms with Crippen molar-refractivity contribution in [3.8, 4) is 0 Å². The lowest BCUT2D eigenvalue weighted by Crippen LogP contribution is -2.49. The Balaban J connectivity index is 0.00000144. The van der Waals surface area contributed by atoms with Gasteiger partial charge in [-0.25, -0.2) is 0 Å². The van der Waals surface area contributed by atoms with Gasteiger partial charge in [-0.3, -0.25) is 9.80 Å². The molecule has 18 heavy (non-hydrogen) atoms. The Hall–Kier alpha value is 0.460. The standard InChI is InChI=1S/C13H27N3.2ClH/c1-12-4-3-7-16(13(12)2)11-10-15-8-5-14-6-9-15;;/h12-14H,3-11H2,1-2H3;2*1H. The number of nitrogens with zero attached hydrogens (tertiary/aromatic N) is 2. The average Bonchev–Trinajstić information content (AvgIpc) is 2.32. The molecule has 2 saturated heterocycles. The molecular formula is C13H29Cl2N3. The highest BCUT2D eigenvalue weighted by Gasteiger charge is 2.24.